The molecular weight excluding hydrogens is 450 g/mol. The number of hydrogen-bond acceptors (Lipinski definition) is 8. The Kier molecular flexibility index (Phi) is 7.10. The summed E-state index contributed by atoms with van der Waals surface area (Å²) >= 11 is 1.35. The van der Waals surface area contributed by atoms with Gasteiger partial charge in [0, 0.05) is 4.75 Å². The molecule has 1 aromatic carbocycles. The molecule has 2 fully saturated rings. The average Bonchev–Trinajstić information content (AvgIpc) is 3.00. The number of imide groups is 1. The molecule has 2 aliphatic rings. The standard InChI is InChI=1S/C21H27N5O6S/c1-21(2)15(20(31)32)26-18(30)14(19(26)33-21)24-13(10-7-5-4-6-8-10)17(29)25-16(28)11(23-3)9-12(22)27/h4-8,11,13-15,19,23-24H,9H2,1-3H3,(H2,22,27)(H,31,32)(H,25,28,29)/t11-,13+,14?,15?,19?/m1/s1. The van der Waals surface area contributed by atoms with E-state index in [0.29, 0.717) is 5.56 Å². The van der Waals surface area contributed by atoms with Crippen LogP contribution >= 0.6 is 11.8 Å². The van der Waals surface area contributed by atoms with Gasteiger partial charge < -0.3 is 21.1 Å². The van der Waals surface area contributed by atoms with Crippen LogP contribution in [-0.4, -0.2) is 74.9 Å². The number of primary amides is 1. The number of carboxylic acids is 1. The first kappa shape index (κ1) is 24.7. The predicted octanol–water partition coefficient (Wildman–Crippen LogP) is -1.06. The first-order valence-electron chi connectivity index (χ1n) is 10.3. The number of β-lactam (4-membered cyclic amide) rings is 1. The van der Waals surface area contributed by atoms with Crippen molar-refractivity contribution >= 4 is 41.4 Å². The van der Waals surface area contributed by atoms with Crippen molar-refractivity contribution in [2.24, 2.45) is 5.73 Å². The molecule has 33 heavy (non-hydrogen) atoms. The van der Waals surface area contributed by atoms with Gasteiger partial charge in [-0.25, -0.2) is 4.79 Å². The second-order valence-corrected chi connectivity index (χ2v) is 10.2. The van der Waals surface area contributed by atoms with Crippen molar-refractivity contribution in [2.75, 3.05) is 7.05 Å². The number of amides is 4. The minimum absolute atomic E-state index is 0.292. The molecule has 6 N–H and O–H groups in total. The Hall–Kier alpha value is -2.96. The molecule has 0 aliphatic carbocycles. The number of rotatable bonds is 9. The first-order chi connectivity index (χ1) is 15.5. The Bertz CT molecular complexity index is 971. The highest BCUT2D eigenvalue weighted by Gasteiger charge is 2.64. The zero-order valence-corrected chi connectivity index (χ0v) is 19.2. The Balaban J connectivity index is 1.80. The van der Waals surface area contributed by atoms with E-state index in [0.717, 1.165) is 0 Å². The number of nitrogens with one attached hydrogen (secondary N) is 3. The van der Waals surface area contributed by atoms with Gasteiger partial charge in [-0.3, -0.25) is 29.8 Å². The van der Waals surface area contributed by atoms with Crippen LogP contribution in [0.3, 0.4) is 0 Å². The van der Waals surface area contributed by atoms with Gasteiger partial charge in [-0.05, 0) is 26.5 Å². The molecule has 0 bridgehead atoms. The number of hydrogen-bond donors (Lipinski definition) is 5. The summed E-state index contributed by atoms with van der Waals surface area (Å²) in [6.07, 6.45) is -0.292. The quantitative estimate of drug-likeness (QED) is 0.278. The molecule has 0 aromatic heterocycles. The number of nitrogens with two attached hydrogens (primary N) is 1. The minimum Gasteiger partial charge on any atom is -0.480 e. The lowest BCUT2D eigenvalue weighted by Crippen LogP contribution is -2.70. The molecule has 1 aromatic rings. The monoisotopic (exact) mass is 477 g/mol. The van der Waals surface area contributed by atoms with Gasteiger partial charge in [0.05, 0.1) is 12.5 Å². The second-order valence-electron chi connectivity index (χ2n) is 8.45. The van der Waals surface area contributed by atoms with Crippen molar-refractivity contribution < 1.29 is 29.1 Å². The first-order valence-corrected chi connectivity index (χ1v) is 11.2. The summed E-state index contributed by atoms with van der Waals surface area (Å²) in [5.41, 5.74) is 5.67. The van der Waals surface area contributed by atoms with Crippen molar-refractivity contribution in [3.05, 3.63) is 35.9 Å². The zero-order valence-electron chi connectivity index (χ0n) is 18.4. The van der Waals surface area contributed by atoms with E-state index in [4.69, 9.17) is 5.73 Å². The molecule has 11 nitrogen and oxygen atoms in total. The minimum atomic E-state index is -1.09. The average molecular weight is 478 g/mol. The molecule has 0 radical (unpaired) electrons. The maximum atomic E-state index is 13.1. The molecule has 2 heterocycles. The van der Waals surface area contributed by atoms with Gasteiger partial charge >= 0.3 is 5.97 Å². The fourth-order valence-electron chi connectivity index (χ4n) is 4.12. The molecule has 178 valence electrons. The van der Waals surface area contributed by atoms with E-state index < -0.39 is 63.9 Å². The van der Waals surface area contributed by atoms with Crippen LogP contribution in [0.4, 0.5) is 0 Å². The van der Waals surface area contributed by atoms with E-state index >= 15 is 0 Å². The number of benzene rings is 1. The van der Waals surface area contributed by atoms with E-state index in [1.807, 2.05) is 0 Å². The third kappa shape index (κ3) is 4.87. The van der Waals surface area contributed by atoms with Crippen LogP contribution in [0.1, 0.15) is 31.9 Å². The molecule has 0 spiro atoms. The van der Waals surface area contributed by atoms with E-state index in [-0.39, 0.29) is 6.42 Å². The van der Waals surface area contributed by atoms with Crippen molar-refractivity contribution in [2.45, 2.75) is 54.6 Å². The van der Waals surface area contributed by atoms with Crippen molar-refractivity contribution in [3.63, 3.8) is 0 Å². The Morgan fingerprint density at radius 1 is 1.18 bits per heavy atom. The highest BCUT2D eigenvalue weighted by atomic mass is 32.2. The van der Waals surface area contributed by atoms with Crippen LogP contribution in [0, 0.1) is 0 Å². The molecule has 2 saturated heterocycles. The molecule has 4 amide bonds. The number of carbonyl (C=O) groups is 5. The second kappa shape index (κ2) is 9.49. The van der Waals surface area contributed by atoms with Gasteiger partial charge in [-0.1, -0.05) is 30.3 Å². The summed E-state index contributed by atoms with van der Waals surface area (Å²) in [6, 6.07) is 4.69. The molecule has 3 unspecified atom stereocenters. The maximum Gasteiger partial charge on any atom is 0.327 e. The maximum absolute atomic E-state index is 13.1. The number of nitrogens with zero attached hydrogens (tertiary/aromatic N) is 1. The topological polar surface area (TPSA) is 171 Å². The highest BCUT2D eigenvalue weighted by molar-refractivity contribution is 8.01. The third-order valence-electron chi connectivity index (χ3n) is 5.73. The SMILES string of the molecule is CN[C@H](CC(N)=O)C(=O)NC(=O)[C@@H](NC1C(=O)N2C1SC(C)(C)C2C(=O)O)c1ccccc1. The van der Waals surface area contributed by atoms with Crippen LogP contribution in [0.15, 0.2) is 30.3 Å². The molecule has 0 saturated carbocycles. The summed E-state index contributed by atoms with van der Waals surface area (Å²) in [5.74, 6) is -3.65. The van der Waals surface area contributed by atoms with E-state index in [1.165, 1.54) is 23.7 Å². The lowest BCUT2D eigenvalue weighted by molar-refractivity contribution is -0.160. The van der Waals surface area contributed by atoms with Crippen LogP contribution < -0.4 is 21.7 Å². The Morgan fingerprint density at radius 2 is 1.82 bits per heavy atom. The Labute approximate surface area is 194 Å². The number of likely N-dealkylation sites (N-methyl/N-ethyl adjacent to an activating group) is 1. The molecule has 12 heteroatoms. The normalized spacial score (nSPS) is 24.9. The fourth-order valence-corrected chi connectivity index (χ4v) is 5.76. The van der Waals surface area contributed by atoms with Gasteiger partial charge in [0.1, 0.15) is 23.5 Å². The van der Waals surface area contributed by atoms with Crippen molar-refractivity contribution in [1.82, 2.24) is 20.9 Å². The van der Waals surface area contributed by atoms with Gasteiger partial charge in [-0.2, -0.15) is 0 Å². The Morgan fingerprint density at radius 3 is 2.36 bits per heavy atom. The lowest BCUT2D eigenvalue weighted by Gasteiger charge is -2.45. The van der Waals surface area contributed by atoms with Crippen LogP contribution in [0.25, 0.3) is 0 Å². The van der Waals surface area contributed by atoms with E-state index in [9.17, 15) is 29.1 Å². The highest BCUT2D eigenvalue weighted by Crippen LogP contribution is 2.51. The number of carbonyl (C=O) groups excluding carboxylic acids is 4. The van der Waals surface area contributed by atoms with Crippen LogP contribution in [0.5, 0.6) is 0 Å². The molecule has 3 rings (SSSR count). The van der Waals surface area contributed by atoms with Gasteiger partial charge in [0.15, 0.2) is 0 Å². The van der Waals surface area contributed by atoms with E-state index in [2.05, 4.69) is 16.0 Å². The third-order valence-corrected chi connectivity index (χ3v) is 7.30. The van der Waals surface area contributed by atoms with E-state index in [1.54, 1.807) is 44.2 Å². The van der Waals surface area contributed by atoms with Crippen molar-refractivity contribution in [3.8, 4) is 0 Å². The van der Waals surface area contributed by atoms with Crippen LogP contribution in [-0.2, 0) is 24.0 Å². The number of fused-ring (bicyclic) bond motifs is 1. The smallest absolute Gasteiger partial charge is 0.327 e. The number of thioether (sulfide) groups is 1. The molecule has 5 atom stereocenters. The largest absolute Gasteiger partial charge is 0.480 e. The number of aliphatic carboxylic acids is 1. The van der Waals surface area contributed by atoms with Gasteiger partial charge in [0.2, 0.25) is 23.6 Å². The zero-order chi connectivity index (χ0) is 24.5. The predicted molar refractivity (Wildman–Crippen MR) is 120 cm³/mol. The van der Waals surface area contributed by atoms with Crippen LogP contribution in [0.2, 0.25) is 0 Å². The number of carboxylic acid groups (broad SMARTS) is 1. The summed E-state index contributed by atoms with van der Waals surface area (Å²) in [4.78, 5) is 62.7. The molecule has 2 aliphatic heterocycles. The van der Waals surface area contributed by atoms with Crippen molar-refractivity contribution in [1.29, 1.82) is 0 Å². The summed E-state index contributed by atoms with van der Waals surface area (Å²) in [6.45, 7) is 3.52. The van der Waals surface area contributed by atoms with Gasteiger partial charge in [0.25, 0.3) is 0 Å². The molecular formula is C21H27N5O6S. The van der Waals surface area contributed by atoms with Gasteiger partial charge in [-0.15, -0.1) is 11.8 Å². The fraction of sp³-hybridized carbons (Fsp3) is 0.476. The summed E-state index contributed by atoms with van der Waals surface area (Å²) in [5, 5.41) is 17.0. The summed E-state index contributed by atoms with van der Waals surface area (Å²) in [7, 11) is 1.46. The summed E-state index contributed by atoms with van der Waals surface area (Å²) < 4.78 is -0.710. The lowest BCUT2D eigenvalue weighted by atomic mass is 9.95.